The molecular formula is C14H25NO6S. The first-order valence-electron chi connectivity index (χ1n) is 7.05. The van der Waals surface area contributed by atoms with Crippen LogP contribution < -0.4 is 5.32 Å². The fourth-order valence-electron chi connectivity index (χ4n) is 1.34. The van der Waals surface area contributed by atoms with Crippen molar-refractivity contribution in [3.63, 3.8) is 0 Å². The van der Waals surface area contributed by atoms with Gasteiger partial charge in [0.25, 0.3) is 0 Å². The quantitative estimate of drug-likeness (QED) is 0.712. The maximum Gasteiger partial charge on any atom is 0.408 e. The van der Waals surface area contributed by atoms with Crippen molar-refractivity contribution in [2.45, 2.75) is 52.7 Å². The molecule has 0 aliphatic rings. The molecule has 0 unspecified atom stereocenters. The van der Waals surface area contributed by atoms with Crippen LogP contribution in [0.25, 0.3) is 0 Å². The summed E-state index contributed by atoms with van der Waals surface area (Å²) in [6, 6.07) is -0.824. The Morgan fingerprint density at radius 2 is 1.82 bits per heavy atom. The van der Waals surface area contributed by atoms with E-state index < -0.39 is 33.5 Å². The van der Waals surface area contributed by atoms with Gasteiger partial charge in [0.05, 0.1) is 24.8 Å². The largest absolute Gasteiger partial charge is 0.466 e. The summed E-state index contributed by atoms with van der Waals surface area (Å²) < 4.78 is 32.8. The minimum absolute atomic E-state index is 0.0674. The van der Waals surface area contributed by atoms with Crippen molar-refractivity contribution in [1.29, 1.82) is 0 Å². The molecule has 1 atom stereocenters. The van der Waals surface area contributed by atoms with Gasteiger partial charge in [-0.25, -0.2) is 13.2 Å². The predicted molar refractivity (Wildman–Crippen MR) is 83.0 cm³/mol. The first-order valence-corrected chi connectivity index (χ1v) is 8.76. The zero-order valence-corrected chi connectivity index (χ0v) is 14.5. The van der Waals surface area contributed by atoms with Crippen molar-refractivity contribution in [2.75, 3.05) is 12.4 Å². The van der Waals surface area contributed by atoms with Gasteiger partial charge in [0.1, 0.15) is 5.60 Å². The Kier molecular flexibility index (Phi) is 8.15. The summed E-state index contributed by atoms with van der Waals surface area (Å²) in [5, 5.41) is 3.43. The number of carbonyl (C=O) groups is 2. The average molecular weight is 335 g/mol. The van der Waals surface area contributed by atoms with E-state index >= 15 is 0 Å². The number of carbonyl (C=O) groups excluding carboxylic acids is 2. The van der Waals surface area contributed by atoms with E-state index in [1.54, 1.807) is 27.7 Å². The van der Waals surface area contributed by atoms with Gasteiger partial charge in [0, 0.05) is 5.41 Å². The van der Waals surface area contributed by atoms with Gasteiger partial charge < -0.3 is 14.8 Å². The molecular weight excluding hydrogens is 310 g/mol. The summed E-state index contributed by atoms with van der Waals surface area (Å²) in [6.07, 6.45) is 0.336. The monoisotopic (exact) mass is 335 g/mol. The van der Waals surface area contributed by atoms with Crippen molar-refractivity contribution >= 4 is 21.9 Å². The third kappa shape index (κ3) is 10.2. The number of alkyl carbamates (subject to hydrolysis) is 1. The first kappa shape index (κ1) is 20.4. The number of nitrogens with one attached hydrogen (secondary N) is 1. The Bertz CT molecular complexity index is 504. The number of hydrogen-bond acceptors (Lipinski definition) is 6. The molecule has 0 saturated heterocycles. The number of ether oxygens (including phenoxy) is 2. The minimum atomic E-state index is -3.36. The second-order valence-electron chi connectivity index (χ2n) is 5.54. The molecule has 0 rings (SSSR count). The maximum absolute atomic E-state index is 11.7. The second-order valence-corrected chi connectivity index (χ2v) is 7.72. The van der Waals surface area contributed by atoms with E-state index in [9.17, 15) is 18.0 Å². The molecule has 0 saturated carbocycles. The summed E-state index contributed by atoms with van der Waals surface area (Å²) in [5.74, 6) is -0.607. The highest BCUT2D eigenvalue weighted by Crippen LogP contribution is 2.08. The molecule has 0 aromatic rings. The Morgan fingerprint density at radius 1 is 1.23 bits per heavy atom. The van der Waals surface area contributed by atoms with Gasteiger partial charge >= 0.3 is 12.1 Å². The predicted octanol–water partition coefficient (Wildman–Crippen LogP) is 1.78. The van der Waals surface area contributed by atoms with E-state index in [-0.39, 0.29) is 18.8 Å². The van der Waals surface area contributed by atoms with Crippen LogP contribution in [0.15, 0.2) is 11.5 Å². The van der Waals surface area contributed by atoms with Gasteiger partial charge in [-0.05, 0) is 27.7 Å². The minimum Gasteiger partial charge on any atom is -0.466 e. The summed E-state index contributed by atoms with van der Waals surface area (Å²) in [6.45, 7) is 8.46. The smallest absolute Gasteiger partial charge is 0.408 e. The van der Waals surface area contributed by atoms with Crippen molar-refractivity contribution in [1.82, 2.24) is 5.32 Å². The van der Waals surface area contributed by atoms with Crippen LogP contribution in [-0.4, -0.2) is 44.5 Å². The summed E-state index contributed by atoms with van der Waals surface area (Å²) in [7, 11) is -3.36. The zero-order valence-electron chi connectivity index (χ0n) is 13.7. The fraction of sp³-hybridized carbons (Fsp3) is 0.714. The third-order valence-electron chi connectivity index (χ3n) is 2.31. The molecule has 0 aliphatic heterocycles. The lowest BCUT2D eigenvalue weighted by atomic mass is 10.2. The number of esters is 1. The van der Waals surface area contributed by atoms with Crippen LogP contribution in [0.4, 0.5) is 4.79 Å². The van der Waals surface area contributed by atoms with Crippen LogP contribution >= 0.6 is 0 Å². The molecule has 0 aromatic carbocycles. The van der Waals surface area contributed by atoms with E-state index in [2.05, 4.69) is 5.32 Å². The van der Waals surface area contributed by atoms with Crippen LogP contribution in [0.3, 0.4) is 0 Å². The van der Waals surface area contributed by atoms with Gasteiger partial charge in [0.15, 0.2) is 9.84 Å². The van der Waals surface area contributed by atoms with Crippen LogP contribution in [0, 0.1) is 0 Å². The lowest BCUT2D eigenvalue weighted by Crippen LogP contribution is -2.39. The summed E-state index contributed by atoms with van der Waals surface area (Å²) in [4.78, 5) is 23.3. The SMILES string of the molecule is CCOC(=O)C[C@@H](/C=C/S(=O)(=O)CC)NC(=O)OC(C)(C)C. The van der Waals surface area contributed by atoms with E-state index in [0.717, 1.165) is 5.41 Å². The van der Waals surface area contributed by atoms with Crippen molar-refractivity contribution in [3.05, 3.63) is 11.5 Å². The molecule has 0 aromatic heterocycles. The molecule has 22 heavy (non-hydrogen) atoms. The Hall–Kier alpha value is -1.57. The standard InChI is InChI=1S/C14H25NO6S/c1-6-20-12(16)10-11(8-9-22(18,19)7-2)15-13(17)21-14(3,4)5/h8-9,11H,6-7,10H2,1-5H3,(H,15,17)/b9-8+/t11-/m1/s1. The second kappa shape index (κ2) is 8.77. The van der Waals surface area contributed by atoms with E-state index in [1.807, 2.05) is 0 Å². The number of sulfone groups is 1. The van der Waals surface area contributed by atoms with Gasteiger partial charge in [-0.15, -0.1) is 0 Å². The lowest BCUT2D eigenvalue weighted by Gasteiger charge is -2.22. The molecule has 0 bridgehead atoms. The van der Waals surface area contributed by atoms with Crippen LogP contribution in [-0.2, 0) is 24.1 Å². The molecule has 1 N–H and O–H groups in total. The molecule has 0 spiro atoms. The number of hydrogen-bond donors (Lipinski definition) is 1. The van der Waals surface area contributed by atoms with E-state index in [4.69, 9.17) is 9.47 Å². The van der Waals surface area contributed by atoms with Gasteiger partial charge in [0.2, 0.25) is 0 Å². The first-order chi connectivity index (χ1) is 9.99. The highest BCUT2D eigenvalue weighted by molar-refractivity contribution is 7.94. The highest BCUT2D eigenvalue weighted by atomic mass is 32.2. The maximum atomic E-state index is 11.7. The van der Waals surface area contributed by atoms with Crippen molar-refractivity contribution in [3.8, 4) is 0 Å². The molecule has 128 valence electrons. The van der Waals surface area contributed by atoms with Crippen LogP contribution in [0.2, 0.25) is 0 Å². The molecule has 0 heterocycles. The van der Waals surface area contributed by atoms with Crippen molar-refractivity contribution in [2.24, 2.45) is 0 Å². The molecule has 0 aliphatic carbocycles. The van der Waals surface area contributed by atoms with Gasteiger partial charge in [-0.2, -0.15) is 0 Å². The Labute approximate surface area is 132 Å². The number of rotatable bonds is 7. The fourth-order valence-corrected chi connectivity index (χ4v) is 1.96. The van der Waals surface area contributed by atoms with Crippen LogP contribution in [0.5, 0.6) is 0 Å². The van der Waals surface area contributed by atoms with Gasteiger partial charge in [-0.3, -0.25) is 4.79 Å². The topological polar surface area (TPSA) is 98.8 Å². The van der Waals surface area contributed by atoms with Crippen LogP contribution in [0.1, 0.15) is 41.0 Å². The lowest BCUT2D eigenvalue weighted by molar-refractivity contribution is -0.143. The van der Waals surface area contributed by atoms with Crippen molar-refractivity contribution < 1.29 is 27.5 Å². The number of amides is 1. The molecule has 8 heteroatoms. The molecule has 7 nitrogen and oxygen atoms in total. The third-order valence-corrected chi connectivity index (χ3v) is 3.69. The molecule has 1 amide bonds. The highest BCUT2D eigenvalue weighted by Gasteiger charge is 2.20. The van der Waals surface area contributed by atoms with E-state index in [1.165, 1.54) is 13.0 Å². The normalized spacial score (nSPS) is 13.7. The zero-order chi connectivity index (χ0) is 17.4. The molecule has 0 radical (unpaired) electrons. The molecule has 0 fully saturated rings. The van der Waals surface area contributed by atoms with E-state index in [0.29, 0.717) is 0 Å². The average Bonchev–Trinajstić information content (AvgIpc) is 2.34. The summed E-state index contributed by atoms with van der Waals surface area (Å²) >= 11 is 0. The summed E-state index contributed by atoms with van der Waals surface area (Å²) in [5.41, 5.74) is -0.697. The Morgan fingerprint density at radius 3 is 2.27 bits per heavy atom. The van der Waals surface area contributed by atoms with Gasteiger partial charge in [-0.1, -0.05) is 13.0 Å². The Balaban J connectivity index is 4.94.